The van der Waals surface area contributed by atoms with Gasteiger partial charge in [0.1, 0.15) is 23.0 Å². The van der Waals surface area contributed by atoms with E-state index < -0.39 is 34.8 Å². The number of Topliss-reactive ketones (excluding diaryl/α,β-unsaturated/α-hetero) is 1. The maximum Gasteiger partial charge on any atom is 0.293 e. The van der Waals surface area contributed by atoms with Gasteiger partial charge in [-0.25, -0.2) is 8.78 Å². The molecular formula is C22H20F2N6O3. The molecule has 0 radical (unpaired) electrons. The van der Waals surface area contributed by atoms with E-state index in [1.165, 1.54) is 0 Å². The van der Waals surface area contributed by atoms with Gasteiger partial charge in [-0.15, -0.1) is 5.10 Å². The first-order valence-corrected chi connectivity index (χ1v) is 10.5. The summed E-state index contributed by atoms with van der Waals surface area (Å²) < 4.78 is 28.7. The van der Waals surface area contributed by atoms with Gasteiger partial charge in [0, 0.05) is 30.2 Å². The standard InChI is InChI=1S/C22H20F2N6O3/c1-11-17(19(31)21(33)27-22(4-5-22)16-10-25-29-28-16)15-3-2-6-30(15)18(11)20(32)26-14-8-12(23)7-13(24)9-14/h7-10H,2-6H2,1H3,(H,26,32)(H,27,33)(H,25,28,29). The van der Waals surface area contributed by atoms with Crippen molar-refractivity contribution in [2.45, 2.75) is 44.7 Å². The number of halogens is 2. The lowest BCUT2D eigenvalue weighted by atomic mass is 10.0. The van der Waals surface area contributed by atoms with Crippen LogP contribution in [-0.4, -0.2) is 37.6 Å². The van der Waals surface area contributed by atoms with Crippen LogP contribution in [0.5, 0.6) is 0 Å². The molecule has 170 valence electrons. The van der Waals surface area contributed by atoms with E-state index in [2.05, 4.69) is 26.0 Å². The van der Waals surface area contributed by atoms with Crippen molar-refractivity contribution in [3.05, 3.63) is 64.2 Å². The number of nitrogens with zero attached hydrogens (tertiary/aromatic N) is 3. The number of H-pyrrole nitrogens is 1. The summed E-state index contributed by atoms with van der Waals surface area (Å²) in [6.07, 6.45) is 4.10. The van der Waals surface area contributed by atoms with Crippen LogP contribution < -0.4 is 10.6 Å². The van der Waals surface area contributed by atoms with Crippen LogP contribution >= 0.6 is 0 Å². The Morgan fingerprint density at radius 2 is 1.88 bits per heavy atom. The topological polar surface area (TPSA) is 122 Å². The Morgan fingerprint density at radius 3 is 2.52 bits per heavy atom. The summed E-state index contributed by atoms with van der Waals surface area (Å²) in [6, 6.07) is 2.71. The second-order valence-corrected chi connectivity index (χ2v) is 8.39. The number of amides is 2. The molecule has 2 amide bonds. The Labute approximate surface area is 186 Å². The minimum Gasteiger partial charge on any atom is -0.340 e. The first-order valence-electron chi connectivity index (χ1n) is 10.5. The van der Waals surface area contributed by atoms with Gasteiger partial charge in [-0.1, -0.05) is 5.21 Å². The zero-order chi connectivity index (χ0) is 23.3. The van der Waals surface area contributed by atoms with E-state index in [0.29, 0.717) is 55.2 Å². The molecule has 1 fully saturated rings. The number of hydrogen-bond donors (Lipinski definition) is 3. The molecule has 0 unspecified atom stereocenters. The number of fused-ring (bicyclic) bond motifs is 1. The molecule has 1 aliphatic carbocycles. The molecule has 2 aromatic heterocycles. The summed E-state index contributed by atoms with van der Waals surface area (Å²) in [5.41, 5.74) is 1.15. The van der Waals surface area contributed by atoms with Crippen LogP contribution in [0.3, 0.4) is 0 Å². The summed E-state index contributed by atoms with van der Waals surface area (Å²) in [5, 5.41) is 15.5. The van der Waals surface area contributed by atoms with Crippen LogP contribution in [0.2, 0.25) is 0 Å². The second-order valence-electron chi connectivity index (χ2n) is 8.39. The maximum atomic E-state index is 13.5. The van der Waals surface area contributed by atoms with Crippen molar-refractivity contribution in [1.82, 2.24) is 25.3 Å². The first kappa shape index (κ1) is 21.0. The molecule has 1 aliphatic heterocycles. The van der Waals surface area contributed by atoms with E-state index in [4.69, 9.17) is 0 Å². The molecule has 5 rings (SSSR count). The highest BCUT2D eigenvalue weighted by Gasteiger charge is 2.49. The van der Waals surface area contributed by atoms with Crippen LogP contribution in [0.4, 0.5) is 14.5 Å². The number of anilines is 1. The van der Waals surface area contributed by atoms with Crippen molar-refractivity contribution >= 4 is 23.3 Å². The number of aromatic amines is 1. The highest BCUT2D eigenvalue weighted by Crippen LogP contribution is 2.44. The minimum atomic E-state index is -0.823. The lowest BCUT2D eigenvalue weighted by Gasteiger charge is -2.14. The third-order valence-corrected chi connectivity index (χ3v) is 6.19. The fourth-order valence-corrected chi connectivity index (χ4v) is 4.52. The van der Waals surface area contributed by atoms with E-state index >= 15 is 0 Å². The van der Waals surface area contributed by atoms with Gasteiger partial charge >= 0.3 is 0 Å². The van der Waals surface area contributed by atoms with Crippen molar-refractivity contribution in [2.24, 2.45) is 0 Å². The van der Waals surface area contributed by atoms with Gasteiger partial charge < -0.3 is 15.2 Å². The Balaban J connectivity index is 1.43. The lowest BCUT2D eigenvalue weighted by molar-refractivity contribution is -0.118. The highest BCUT2D eigenvalue weighted by atomic mass is 19.1. The van der Waals surface area contributed by atoms with Crippen molar-refractivity contribution in [1.29, 1.82) is 0 Å². The molecule has 0 spiro atoms. The quantitative estimate of drug-likeness (QED) is 0.390. The monoisotopic (exact) mass is 454 g/mol. The number of benzene rings is 1. The van der Waals surface area contributed by atoms with Crippen molar-refractivity contribution < 1.29 is 23.2 Å². The fourth-order valence-electron chi connectivity index (χ4n) is 4.52. The second kappa shape index (κ2) is 7.61. The Hall–Kier alpha value is -3.89. The van der Waals surface area contributed by atoms with Crippen LogP contribution in [0.15, 0.2) is 24.4 Å². The predicted octanol–water partition coefficient (Wildman–Crippen LogP) is 2.38. The molecule has 2 aliphatic rings. The molecule has 3 N–H and O–H groups in total. The van der Waals surface area contributed by atoms with Crippen LogP contribution in [0.1, 0.15) is 57.1 Å². The van der Waals surface area contributed by atoms with Gasteiger partial charge in [0.2, 0.25) is 0 Å². The Bertz CT molecular complexity index is 1270. The van der Waals surface area contributed by atoms with Crippen LogP contribution in [0.25, 0.3) is 0 Å². The lowest BCUT2D eigenvalue weighted by Crippen LogP contribution is -2.40. The van der Waals surface area contributed by atoms with Crippen LogP contribution in [-0.2, 0) is 23.3 Å². The van der Waals surface area contributed by atoms with Crippen molar-refractivity contribution in [2.75, 3.05) is 5.32 Å². The summed E-state index contributed by atoms with van der Waals surface area (Å²) >= 11 is 0. The zero-order valence-corrected chi connectivity index (χ0v) is 17.7. The Kier molecular flexibility index (Phi) is 4.84. The molecule has 9 nitrogen and oxygen atoms in total. The average Bonchev–Trinajstić information content (AvgIpc) is 3.12. The van der Waals surface area contributed by atoms with Crippen LogP contribution in [0, 0.1) is 18.6 Å². The summed E-state index contributed by atoms with van der Waals surface area (Å²) in [6.45, 7) is 2.09. The third-order valence-electron chi connectivity index (χ3n) is 6.19. The molecule has 0 atom stereocenters. The van der Waals surface area contributed by atoms with E-state index in [1.807, 2.05) is 0 Å². The number of aromatic nitrogens is 4. The Morgan fingerprint density at radius 1 is 1.15 bits per heavy atom. The van der Waals surface area contributed by atoms with Gasteiger partial charge in [-0.05, 0) is 50.3 Å². The van der Waals surface area contributed by atoms with E-state index in [-0.39, 0.29) is 16.9 Å². The number of carbonyl (C=O) groups is 3. The minimum absolute atomic E-state index is 0.0423. The molecule has 33 heavy (non-hydrogen) atoms. The van der Waals surface area contributed by atoms with Gasteiger partial charge in [-0.3, -0.25) is 19.5 Å². The predicted molar refractivity (Wildman–Crippen MR) is 112 cm³/mol. The number of carbonyl (C=O) groups excluding carboxylic acids is 3. The largest absolute Gasteiger partial charge is 0.340 e. The maximum absolute atomic E-state index is 13.5. The summed E-state index contributed by atoms with van der Waals surface area (Å²) in [4.78, 5) is 39.1. The number of rotatable bonds is 6. The van der Waals surface area contributed by atoms with Gasteiger partial charge in [0.05, 0.1) is 11.1 Å². The smallest absolute Gasteiger partial charge is 0.293 e. The SMILES string of the molecule is Cc1c(C(=O)C(=O)NC2(c3c[nH]nn3)CC2)c2n(c1C(=O)Nc1cc(F)cc(F)c1)CCC2. The normalized spacial score (nSPS) is 15.7. The number of hydrogen-bond acceptors (Lipinski definition) is 5. The summed E-state index contributed by atoms with van der Waals surface area (Å²) in [5.74, 6) is -3.77. The molecule has 3 heterocycles. The van der Waals surface area contributed by atoms with Crippen molar-refractivity contribution in [3.8, 4) is 0 Å². The number of nitrogens with one attached hydrogen (secondary N) is 3. The fraction of sp³-hybridized carbons (Fsp3) is 0.318. The average molecular weight is 454 g/mol. The van der Waals surface area contributed by atoms with E-state index in [9.17, 15) is 23.2 Å². The summed E-state index contributed by atoms with van der Waals surface area (Å²) in [7, 11) is 0. The molecule has 3 aromatic rings. The molecule has 11 heteroatoms. The van der Waals surface area contributed by atoms with Crippen molar-refractivity contribution in [3.63, 3.8) is 0 Å². The molecule has 0 bridgehead atoms. The molecule has 1 saturated carbocycles. The number of ketones is 1. The van der Waals surface area contributed by atoms with E-state index in [0.717, 1.165) is 12.1 Å². The highest BCUT2D eigenvalue weighted by molar-refractivity contribution is 6.44. The molecule has 0 saturated heterocycles. The van der Waals surface area contributed by atoms with Gasteiger partial charge in [-0.2, -0.15) is 0 Å². The zero-order valence-electron chi connectivity index (χ0n) is 17.7. The van der Waals surface area contributed by atoms with Gasteiger partial charge in [0.15, 0.2) is 0 Å². The molecule has 1 aromatic carbocycles. The third kappa shape index (κ3) is 3.59. The van der Waals surface area contributed by atoms with E-state index in [1.54, 1.807) is 17.7 Å². The molecular weight excluding hydrogens is 434 g/mol. The first-order chi connectivity index (χ1) is 15.8. The van der Waals surface area contributed by atoms with Gasteiger partial charge in [0.25, 0.3) is 17.6 Å².